The third-order valence-electron chi connectivity index (χ3n) is 4.71. The van der Waals surface area contributed by atoms with E-state index in [9.17, 15) is 0 Å². The molecule has 0 bridgehead atoms. The van der Waals surface area contributed by atoms with Crippen LogP contribution in [0.1, 0.15) is 24.2 Å². The van der Waals surface area contributed by atoms with E-state index in [1.807, 2.05) is 52.5 Å². The van der Waals surface area contributed by atoms with Gasteiger partial charge in [0.2, 0.25) is 0 Å². The van der Waals surface area contributed by atoms with Crippen LogP contribution in [0.15, 0.2) is 60.1 Å². The molecule has 5 rings (SSSR count). The van der Waals surface area contributed by atoms with Crippen LogP contribution >= 0.6 is 11.3 Å². The molecule has 0 spiro atoms. The molecule has 0 amide bonds. The van der Waals surface area contributed by atoms with Crippen LogP contribution in [0.5, 0.6) is 0 Å². The van der Waals surface area contributed by atoms with Crippen LogP contribution in [-0.2, 0) is 0 Å². The number of nitrogens with zero attached hydrogens (tertiary/aromatic N) is 5. The van der Waals surface area contributed by atoms with Gasteiger partial charge in [-0.25, -0.2) is 4.98 Å². The van der Waals surface area contributed by atoms with E-state index in [1.54, 1.807) is 11.3 Å². The Balaban J connectivity index is 1.61. The third-order valence-corrected chi connectivity index (χ3v) is 5.50. The molecular formula is C20H16N6S. The van der Waals surface area contributed by atoms with Gasteiger partial charge in [-0.2, -0.15) is 9.61 Å². The zero-order valence-corrected chi connectivity index (χ0v) is 15.4. The molecule has 0 fully saturated rings. The van der Waals surface area contributed by atoms with Gasteiger partial charge in [-0.15, -0.1) is 21.5 Å². The van der Waals surface area contributed by atoms with Crippen LogP contribution in [0.25, 0.3) is 27.1 Å². The van der Waals surface area contributed by atoms with Crippen LogP contribution < -0.4 is 5.73 Å². The molecule has 1 unspecified atom stereocenters. The number of nitrogens with two attached hydrogens (primary N) is 1. The number of nitrogen functional groups attached to an aromatic ring is 1. The fourth-order valence-electron chi connectivity index (χ4n) is 3.22. The topological polar surface area (TPSA) is 82.0 Å². The Morgan fingerprint density at radius 3 is 2.85 bits per heavy atom. The number of hydrogen-bond acceptors (Lipinski definition) is 6. The zero-order chi connectivity index (χ0) is 18.4. The minimum atomic E-state index is 0.0510. The number of hydrogen-bond donors (Lipinski definition) is 1. The molecule has 27 heavy (non-hydrogen) atoms. The summed E-state index contributed by atoms with van der Waals surface area (Å²) in [7, 11) is 0. The third kappa shape index (κ3) is 2.72. The van der Waals surface area contributed by atoms with Crippen molar-refractivity contribution in [2.45, 2.75) is 12.8 Å². The van der Waals surface area contributed by atoms with Gasteiger partial charge in [0, 0.05) is 17.2 Å². The molecule has 132 valence electrons. The number of aromatic nitrogens is 5. The molecule has 2 aromatic carbocycles. The molecule has 1 atom stereocenters. The van der Waals surface area contributed by atoms with E-state index < -0.39 is 0 Å². The zero-order valence-electron chi connectivity index (χ0n) is 14.6. The van der Waals surface area contributed by atoms with Crippen molar-refractivity contribution in [3.05, 3.63) is 71.5 Å². The van der Waals surface area contributed by atoms with Gasteiger partial charge in [0.05, 0.1) is 21.4 Å². The van der Waals surface area contributed by atoms with Crippen molar-refractivity contribution in [1.29, 1.82) is 0 Å². The van der Waals surface area contributed by atoms with Crippen LogP contribution in [0.3, 0.4) is 0 Å². The lowest BCUT2D eigenvalue weighted by Gasteiger charge is -2.10. The standard InChI is InChI=1S/C20H16N6S/c1-12(13-5-6-17-18(10-13)27-11-22-17)20-24-23-19-8-7-16(25-26(19)20)14-3-2-4-15(21)9-14/h2-12H,21H2,1H3. The highest BCUT2D eigenvalue weighted by atomic mass is 32.1. The summed E-state index contributed by atoms with van der Waals surface area (Å²) in [6, 6.07) is 17.9. The summed E-state index contributed by atoms with van der Waals surface area (Å²) in [4.78, 5) is 4.35. The van der Waals surface area contributed by atoms with Crippen molar-refractivity contribution in [2.75, 3.05) is 5.73 Å². The maximum Gasteiger partial charge on any atom is 0.177 e. The first kappa shape index (κ1) is 15.9. The summed E-state index contributed by atoms with van der Waals surface area (Å²) < 4.78 is 2.99. The number of thiazole rings is 1. The monoisotopic (exact) mass is 372 g/mol. The molecule has 5 aromatic rings. The van der Waals surface area contributed by atoms with Gasteiger partial charge >= 0.3 is 0 Å². The molecule has 0 saturated heterocycles. The fourth-order valence-corrected chi connectivity index (χ4v) is 3.94. The van der Waals surface area contributed by atoms with Gasteiger partial charge < -0.3 is 5.73 Å². The lowest BCUT2D eigenvalue weighted by atomic mass is 10.0. The Kier molecular flexibility index (Phi) is 3.61. The second-order valence-electron chi connectivity index (χ2n) is 6.47. The van der Waals surface area contributed by atoms with E-state index in [2.05, 4.69) is 34.2 Å². The molecule has 3 heterocycles. The number of benzene rings is 2. The van der Waals surface area contributed by atoms with E-state index in [4.69, 9.17) is 10.8 Å². The quantitative estimate of drug-likeness (QED) is 0.481. The first-order valence-electron chi connectivity index (χ1n) is 8.60. The maximum absolute atomic E-state index is 5.92. The SMILES string of the molecule is CC(c1ccc2ncsc2c1)c1nnc2ccc(-c3cccc(N)c3)nn12. The van der Waals surface area contributed by atoms with Gasteiger partial charge in [-0.05, 0) is 42.0 Å². The lowest BCUT2D eigenvalue weighted by molar-refractivity contribution is 0.753. The minimum absolute atomic E-state index is 0.0510. The first-order chi connectivity index (χ1) is 13.2. The Hall–Kier alpha value is -3.32. The highest BCUT2D eigenvalue weighted by Gasteiger charge is 2.18. The van der Waals surface area contributed by atoms with Crippen LogP contribution in [0, 0.1) is 0 Å². The predicted octanol–water partition coefficient (Wildman–Crippen LogP) is 4.14. The van der Waals surface area contributed by atoms with Gasteiger partial charge in [0.15, 0.2) is 11.5 Å². The Morgan fingerprint density at radius 2 is 1.96 bits per heavy atom. The second-order valence-corrected chi connectivity index (χ2v) is 7.36. The first-order valence-corrected chi connectivity index (χ1v) is 9.48. The predicted molar refractivity (Wildman–Crippen MR) is 108 cm³/mol. The maximum atomic E-state index is 5.92. The molecule has 3 aromatic heterocycles. The highest BCUT2D eigenvalue weighted by Crippen LogP contribution is 2.28. The van der Waals surface area contributed by atoms with Gasteiger partial charge in [0.1, 0.15) is 0 Å². The molecule has 0 aliphatic rings. The Bertz CT molecular complexity index is 1270. The van der Waals surface area contributed by atoms with Crippen molar-refractivity contribution < 1.29 is 0 Å². The molecule has 6 nitrogen and oxygen atoms in total. The average Bonchev–Trinajstić information content (AvgIpc) is 3.33. The molecule has 2 N–H and O–H groups in total. The normalized spacial score (nSPS) is 12.6. The second kappa shape index (κ2) is 6.14. The summed E-state index contributed by atoms with van der Waals surface area (Å²) in [5.41, 5.74) is 13.2. The molecule has 0 saturated carbocycles. The van der Waals surface area contributed by atoms with Crippen molar-refractivity contribution in [3.8, 4) is 11.3 Å². The van der Waals surface area contributed by atoms with Crippen molar-refractivity contribution in [3.63, 3.8) is 0 Å². The van der Waals surface area contributed by atoms with Crippen molar-refractivity contribution in [1.82, 2.24) is 24.8 Å². The summed E-state index contributed by atoms with van der Waals surface area (Å²) in [6.07, 6.45) is 0. The van der Waals surface area contributed by atoms with E-state index in [-0.39, 0.29) is 5.92 Å². The largest absolute Gasteiger partial charge is 0.399 e. The average molecular weight is 372 g/mol. The van der Waals surface area contributed by atoms with E-state index in [1.165, 1.54) is 4.70 Å². The Morgan fingerprint density at radius 1 is 1.04 bits per heavy atom. The smallest absolute Gasteiger partial charge is 0.177 e. The Labute approximate surface area is 159 Å². The highest BCUT2D eigenvalue weighted by molar-refractivity contribution is 7.16. The van der Waals surface area contributed by atoms with Crippen molar-refractivity contribution >= 4 is 32.9 Å². The lowest BCUT2D eigenvalue weighted by Crippen LogP contribution is -2.05. The molecule has 7 heteroatoms. The number of fused-ring (bicyclic) bond motifs is 2. The van der Waals surface area contributed by atoms with Crippen molar-refractivity contribution in [2.24, 2.45) is 0 Å². The fraction of sp³-hybridized carbons (Fsp3) is 0.100. The van der Waals surface area contributed by atoms with Crippen LogP contribution in [0.4, 0.5) is 5.69 Å². The van der Waals surface area contributed by atoms with Crippen LogP contribution in [-0.4, -0.2) is 24.8 Å². The molecule has 0 aliphatic carbocycles. The molecule has 0 aliphatic heterocycles. The van der Waals surface area contributed by atoms with E-state index in [0.717, 1.165) is 33.8 Å². The van der Waals surface area contributed by atoms with E-state index >= 15 is 0 Å². The summed E-state index contributed by atoms with van der Waals surface area (Å²) in [6.45, 7) is 2.12. The summed E-state index contributed by atoms with van der Waals surface area (Å²) >= 11 is 1.64. The number of rotatable bonds is 3. The minimum Gasteiger partial charge on any atom is -0.399 e. The van der Waals surface area contributed by atoms with Gasteiger partial charge in [0.25, 0.3) is 0 Å². The van der Waals surface area contributed by atoms with Gasteiger partial charge in [-0.3, -0.25) is 0 Å². The summed E-state index contributed by atoms with van der Waals surface area (Å²) in [5, 5.41) is 13.5. The number of anilines is 1. The molecule has 0 radical (unpaired) electrons. The van der Waals surface area contributed by atoms with Crippen LogP contribution in [0.2, 0.25) is 0 Å². The molecular weight excluding hydrogens is 356 g/mol. The van der Waals surface area contributed by atoms with Gasteiger partial charge in [-0.1, -0.05) is 25.1 Å². The van der Waals surface area contributed by atoms with E-state index in [0.29, 0.717) is 5.69 Å². The summed E-state index contributed by atoms with van der Waals surface area (Å²) in [5.74, 6) is 0.856.